The van der Waals surface area contributed by atoms with E-state index in [1.54, 1.807) is 6.07 Å². The van der Waals surface area contributed by atoms with Crippen LogP contribution in [0.15, 0.2) is 65.7 Å². The molecule has 0 unspecified atom stereocenters. The number of halogens is 1. The summed E-state index contributed by atoms with van der Waals surface area (Å²) in [6, 6.07) is 12.6. The maximum Gasteiger partial charge on any atom is 0.329 e. The van der Waals surface area contributed by atoms with E-state index in [4.69, 9.17) is 33.9 Å². The summed E-state index contributed by atoms with van der Waals surface area (Å²) in [4.78, 5) is 49.1. The molecule has 0 saturated heterocycles. The first-order chi connectivity index (χ1) is 26.4. The number of nitrogens with one attached hydrogen (secondary N) is 3. The van der Waals surface area contributed by atoms with E-state index in [2.05, 4.69) is 20.3 Å². The molecule has 0 bridgehead atoms. The van der Waals surface area contributed by atoms with Crippen LogP contribution in [0, 0.1) is 5.82 Å². The molecule has 0 atom stereocenters. The predicted octanol–water partition coefficient (Wildman–Crippen LogP) is 3.00. The number of benzene rings is 2. The molecule has 2 aromatic carbocycles. The number of aliphatic carboxylic acids is 2. The highest BCUT2D eigenvalue weighted by Crippen LogP contribution is 2.26. The number of hydrogen-bond donors (Lipinski definition) is 5. The summed E-state index contributed by atoms with van der Waals surface area (Å²) in [6.45, 7) is 0.926. The van der Waals surface area contributed by atoms with Crippen molar-refractivity contribution >= 4 is 39.6 Å². The van der Waals surface area contributed by atoms with Gasteiger partial charge >= 0.3 is 11.9 Å². The summed E-state index contributed by atoms with van der Waals surface area (Å²) < 4.78 is 69.0. The van der Waals surface area contributed by atoms with Gasteiger partial charge in [-0.25, -0.2) is 22.6 Å². The number of carboxylic acids is 2. The standard InChI is InChI=1S/C36H45FN4O13S/c37-31-12-9-29(22-26(31)4-2-1-3-5-34(43)44)54-28-7-10-30(11-8-28)55(48,49)41-32-13-6-27(23-40-32)36(47)39-15-17-51-18-20-52-24-33(42)38-14-16-50-19-21-53-25-35(45)46/h6-13,22-23H,1-5,14-21,24-25H2,(H,38,42)(H,39,47)(H,40,41)(H,43,44)(H,45,46). The van der Waals surface area contributed by atoms with Crippen molar-refractivity contribution in [1.82, 2.24) is 15.6 Å². The number of ether oxygens (including phenoxy) is 5. The quantitative estimate of drug-likeness (QED) is 0.0665. The van der Waals surface area contributed by atoms with Gasteiger partial charge in [0, 0.05) is 25.7 Å². The molecule has 2 amide bonds. The molecule has 1 heterocycles. The summed E-state index contributed by atoms with van der Waals surface area (Å²) >= 11 is 0. The van der Waals surface area contributed by atoms with Crippen LogP contribution in [0.2, 0.25) is 0 Å². The first-order valence-corrected chi connectivity index (χ1v) is 18.8. The average Bonchev–Trinajstić information content (AvgIpc) is 3.15. The highest BCUT2D eigenvalue weighted by molar-refractivity contribution is 7.92. The van der Waals surface area contributed by atoms with Crippen LogP contribution in [0.25, 0.3) is 0 Å². The molecule has 17 nitrogen and oxygen atoms in total. The minimum Gasteiger partial charge on any atom is -0.481 e. The van der Waals surface area contributed by atoms with Crippen LogP contribution in [0.4, 0.5) is 10.2 Å². The van der Waals surface area contributed by atoms with Crippen LogP contribution in [0.1, 0.15) is 41.6 Å². The number of hydrogen-bond acceptors (Lipinski definition) is 12. The second kappa shape index (κ2) is 24.2. The Hall–Kier alpha value is -5.21. The number of amides is 2. The fourth-order valence-corrected chi connectivity index (χ4v) is 5.61. The number of anilines is 1. The zero-order valence-electron chi connectivity index (χ0n) is 30.0. The van der Waals surface area contributed by atoms with Gasteiger partial charge in [0.15, 0.2) is 0 Å². The number of carbonyl (C=O) groups excluding carboxylic acids is 2. The van der Waals surface area contributed by atoms with Crippen molar-refractivity contribution in [2.24, 2.45) is 0 Å². The van der Waals surface area contributed by atoms with E-state index < -0.39 is 40.3 Å². The van der Waals surface area contributed by atoms with Crippen LogP contribution in [0.5, 0.6) is 11.5 Å². The van der Waals surface area contributed by atoms with Gasteiger partial charge in [-0.3, -0.25) is 19.1 Å². The average molecular weight is 793 g/mol. The molecule has 19 heteroatoms. The lowest BCUT2D eigenvalue weighted by atomic mass is 10.1. The van der Waals surface area contributed by atoms with Gasteiger partial charge in [0.05, 0.1) is 50.1 Å². The number of aryl methyl sites for hydroxylation is 1. The molecule has 300 valence electrons. The van der Waals surface area contributed by atoms with Crippen LogP contribution in [0.3, 0.4) is 0 Å². The topological polar surface area (TPSA) is 238 Å². The Morgan fingerprint density at radius 2 is 1.36 bits per heavy atom. The van der Waals surface area contributed by atoms with Crippen molar-refractivity contribution in [3.05, 3.63) is 77.7 Å². The fourth-order valence-electron chi connectivity index (χ4n) is 4.60. The number of unbranched alkanes of at least 4 members (excludes halogenated alkanes) is 2. The Labute approximate surface area is 317 Å². The fraction of sp³-hybridized carbons (Fsp3) is 0.417. The molecule has 0 aliphatic rings. The minimum absolute atomic E-state index is 0.0101. The number of sulfonamides is 1. The Bertz CT molecular complexity index is 1780. The monoisotopic (exact) mass is 792 g/mol. The zero-order valence-corrected chi connectivity index (χ0v) is 30.8. The van der Waals surface area contributed by atoms with E-state index in [0.29, 0.717) is 42.7 Å². The van der Waals surface area contributed by atoms with E-state index in [9.17, 15) is 32.0 Å². The van der Waals surface area contributed by atoms with Crippen molar-refractivity contribution < 1.29 is 65.9 Å². The molecule has 0 spiro atoms. The summed E-state index contributed by atoms with van der Waals surface area (Å²) in [5.41, 5.74) is 0.625. The third-order valence-electron chi connectivity index (χ3n) is 7.29. The number of carbonyl (C=O) groups is 4. The zero-order chi connectivity index (χ0) is 39.9. The third kappa shape index (κ3) is 18.1. The van der Waals surface area contributed by atoms with Gasteiger partial charge in [0.1, 0.15) is 36.3 Å². The van der Waals surface area contributed by atoms with Crippen molar-refractivity contribution in [2.75, 3.05) is 70.7 Å². The Morgan fingerprint density at radius 3 is 2.02 bits per heavy atom. The smallest absolute Gasteiger partial charge is 0.329 e. The number of rotatable bonds is 28. The Balaban J connectivity index is 1.30. The molecule has 0 radical (unpaired) electrons. The van der Waals surface area contributed by atoms with Crippen LogP contribution >= 0.6 is 0 Å². The number of carboxylic acid groups (broad SMARTS) is 2. The van der Waals surface area contributed by atoms with Crippen LogP contribution in [-0.4, -0.2) is 113 Å². The maximum absolute atomic E-state index is 14.3. The highest BCUT2D eigenvalue weighted by atomic mass is 32.2. The van der Waals surface area contributed by atoms with Crippen molar-refractivity contribution in [3.8, 4) is 11.5 Å². The third-order valence-corrected chi connectivity index (χ3v) is 8.66. The van der Waals surface area contributed by atoms with Gasteiger partial charge < -0.3 is 44.5 Å². The lowest BCUT2D eigenvalue weighted by Crippen LogP contribution is -2.31. The molecule has 0 aliphatic heterocycles. The van der Waals surface area contributed by atoms with Gasteiger partial charge in [-0.05, 0) is 79.4 Å². The van der Waals surface area contributed by atoms with E-state index in [0.717, 1.165) is 0 Å². The maximum atomic E-state index is 14.3. The molecule has 0 saturated carbocycles. The lowest BCUT2D eigenvalue weighted by molar-refractivity contribution is -0.143. The first-order valence-electron chi connectivity index (χ1n) is 17.3. The number of aromatic nitrogens is 1. The van der Waals surface area contributed by atoms with Gasteiger partial charge in [-0.1, -0.05) is 6.42 Å². The second-order valence-electron chi connectivity index (χ2n) is 11.6. The number of nitrogens with zero attached hydrogens (tertiary/aromatic N) is 1. The van der Waals surface area contributed by atoms with Gasteiger partial charge in [0.2, 0.25) is 5.91 Å². The number of pyridine rings is 1. The van der Waals surface area contributed by atoms with Crippen molar-refractivity contribution in [2.45, 2.75) is 37.0 Å². The molecule has 3 aromatic rings. The summed E-state index contributed by atoms with van der Waals surface area (Å²) in [6.07, 6.45) is 3.49. The summed E-state index contributed by atoms with van der Waals surface area (Å²) in [5, 5.41) is 22.5. The van der Waals surface area contributed by atoms with Crippen molar-refractivity contribution in [3.63, 3.8) is 0 Å². The molecule has 5 N–H and O–H groups in total. The van der Waals surface area contributed by atoms with Crippen molar-refractivity contribution in [1.29, 1.82) is 0 Å². The van der Waals surface area contributed by atoms with Gasteiger partial charge in [-0.2, -0.15) is 0 Å². The predicted molar refractivity (Wildman–Crippen MR) is 194 cm³/mol. The van der Waals surface area contributed by atoms with E-state index in [1.807, 2.05) is 0 Å². The van der Waals surface area contributed by atoms with E-state index >= 15 is 0 Å². The first kappa shape index (κ1) is 44.2. The van der Waals surface area contributed by atoms with Gasteiger partial charge in [-0.15, -0.1) is 0 Å². The molecule has 3 rings (SSSR count). The molecule has 0 fully saturated rings. The van der Waals surface area contributed by atoms with E-state index in [1.165, 1.54) is 54.7 Å². The molecule has 1 aromatic heterocycles. The molecular formula is C36H45FN4O13S. The van der Waals surface area contributed by atoms with E-state index in [-0.39, 0.29) is 87.9 Å². The van der Waals surface area contributed by atoms with Gasteiger partial charge in [0.25, 0.3) is 15.9 Å². The van der Waals surface area contributed by atoms with Crippen LogP contribution in [-0.2, 0) is 49.8 Å². The Morgan fingerprint density at radius 1 is 0.709 bits per heavy atom. The molecule has 0 aliphatic carbocycles. The minimum atomic E-state index is -4.04. The summed E-state index contributed by atoms with van der Waals surface area (Å²) in [5.74, 6) is -2.44. The molecular weight excluding hydrogens is 747 g/mol. The second-order valence-corrected chi connectivity index (χ2v) is 13.3. The SMILES string of the molecule is O=C(O)CCCCCc1cc(Oc2ccc(S(=O)(=O)Nc3ccc(C(=O)NCCOCCOCC(=O)NCCOCCOCC(=O)O)cn3)cc2)ccc1F. The summed E-state index contributed by atoms with van der Waals surface area (Å²) in [7, 11) is -4.04. The molecule has 55 heavy (non-hydrogen) atoms. The lowest BCUT2D eigenvalue weighted by Gasteiger charge is -2.11. The normalized spacial score (nSPS) is 11.1. The highest BCUT2D eigenvalue weighted by Gasteiger charge is 2.16. The van der Waals surface area contributed by atoms with Crippen LogP contribution < -0.4 is 20.1 Å². The largest absolute Gasteiger partial charge is 0.481 e. The Kier molecular flexibility index (Phi) is 19.5.